The summed E-state index contributed by atoms with van der Waals surface area (Å²) in [5.74, 6) is -0.314. The molecule has 1 aliphatic rings. The van der Waals surface area contributed by atoms with Crippen molar-refractivity contribution in [3.63, 3.8) is 0 Å². The Morgan fingerprint density at radius 3 is 2.06 bits per heavy atom. The monoisotopic (exact) mass is 679 g/mol. The van der Waals surface area contributed by atoms with Gasteiger partial charge in [0.25, 0.3) is 0 Å². The van der Waals surface area contributed by atoms with Gasteiger partial charge in [0.1, 0.15) is 12.1 Å². The molecule has 4 aromatic rings. The number of imidazole rings is 1. The number of carbonyl (C=O) groups is 4. The number of Topliss-reactive ketones (excluding diaryl/α,β-unsaturated/α-hetero) is 2. The standard InChI is InChI=1S/C25H27N3O2.C15H22N2O3/c1-18-8-10-21(11-9-18)24(29)22-12-14-27(15-13-22)25(30)23(20-6-4-3-5-7-20)28-16-19(2)26-17-28;1-11(18)13(17-14(19)15(2,3)16)10-20-9-12-7-5-4-6-8-12/h3-11,16-17,22-23H,12-15H2,1-2H3;4-8,13H,9-10,16H2,1-3H3,(H,17,19). The molecule has 3 aromatic carbocycles. The van der Waals surface area contributed by atoms with Crippen molar-refractivity contribution in [1.29, 1.82) is 0 Å². The highest BCUT2D eigenvalue weighted by molar-refractivity contribution is 5.98. The fraction of sp³-hybridized carbons (Fsp3) is 0.375. The van der Waals surface area contributed by atoms with E-state index in [9.17, 15) is 19.2 Å². The number of nitrogens with zero attached hydrogens (tertiary/aromatic N) is 3. The highest BCUT2D eigenvalue weighted by Crippen LogP contribution is 2.27. The van der Waals surface area contributed by atoms with Crippen LogP contribution in [0.15, 0.2) is 97.5 Å². The second-order valence-corrected chi connectivity index (χ2v) is 13.5. The number of rotatable bonds is 12. The Hall–Kier alpha value is -4.93. The molecule has 2 atom stereocenters. The molecule has 1 saturated heterocycles. The van der Waals surface area contributed by atoms with Crippen molar-refractivity contribution in [2.75, 3.05) is 19.7 Å². The fourth-order valence-corrected chi connectivity index (χ4v) is 5.62. The maximum Gasteiger partial charge on any atom is 0.250 e. The Morgan fingerprint density at radius 1 is 0.920 bits per heavy atom. The number of ether oxygens (including phenoxy) is 1. The van der Waals surface area contributed by atoms with Crippen molar-refractivity contribution >= 4 is 23.4 Å². The first-order valence-electron chi connectivity index (χ1n) is 17.0. The Labute approximate surface area is 295 Å². The lowest BCUT2D eigenvalue weighted by molar-refractivity contribution is -0.134. The normalized spacial score (nSPS) is 14.6. The minimum atomic E-state index is -1.02. The van der Waals surface area contributed by atoms with Gasteiger partial charge in [-0.05, 0) is 58.6 Å². The summed E-state index contributed by atoms with van der Waals surface area (Å²) in [7, 11) is 0. The van der Waals surface area contributed by atoms with Gasteiger partial charge >= 0.3 is 0 Å². The second kappa shape index (κ2) is 17.6. The number of hydrogen-bond acceptors (Lipinski definition) is 7. The first kappa shape index (κ1) is 37.9. The Kier molecular flexibility index (Phi) is 13.4. The van der Waals surface area contributed by atoms with Crippen molar-refractivity contribution in [3.8, 4) is 0 Å². The van der Waals surface area contributed by atoms with E-state index < -0.39 is 17.6 Å². The molecule has 0 saturated carbocycles. The molecule has 1 aliphatic heterocycles. The van der Waals surface area contributed by atoms with Crippen LogP contribution in [0.1, 0.15) is 72.4 Å². The Morgan fingerprint density at radius 2 is 1.52 bits per heavy atom. The molecule has 1 fully saturated rings. The van der Waals surface area contributed by atoms with Crippen LogP contribution in [0.4, 0.5) is 0 Å². The number of benzene rings is 3. The van der Waals surface area contributed by atoms with E-state index in [1.165, 1.54) is 6.92 Å². The maximum absolute atomic E-state index is 13.5. The molecular formula is C40H49N5O5. The van der Waals surface area contributed by atoms with Crippen LogP contribution in [0.3, 0.4) is 0 Å². The topological polar surface area (TPSA) is 137 Å². The number of carbonyl (C=O) groups excluding carboxylic acids is 4. The van der Waals surface area contributed by atoms with Crippen LogP contribution < -0.4 is 11.1 Å². The van der Waals surface area contributed by atoms with E-state index in [-0.39, 0.29) is 35.9 Å². The lowest BCUT2D eigenvalue weighted by atomic mass is 9.88. The molecule has 264 valence electrons. The van der Waals surface area contributed by atoms with Gasteiger partial charge in [0.05, 0.1) is 30.8 Å². The molecule has 0 spiro atoms. The number of amides is 2. The van der Waals surface area contributed by atoms with Crippen LogP contribution >= 0.6 is 0 Å². The van der Waals surface area contributed by atoms with Crippen LogP contribution in [0.2, 0.25) is 0 Å². The van der Waals surface area contributed by atoms with Gasteiger partial charge in [0, 0.05) is 30.8 Å². The number of piperidine rings is 1. The number of nitrogens with one attached hydrogen (secondary N) is 1. The van der Waals surface area contributed by atoms with E-state index in [1.807, 2.05) is 114 Å². The minimum Gasteiger partial charge on any atom is -0.374 e. The largest absolute Gasteiger partial charge is 0.374 e. The van der Waals surface area contributed by atoms with Crippen LogP contribution in [-0.2, 0) is 25.7 Å². The number of aromatic nitrogens is 2. The SMILES string of the molecule is CC(=O)C(COCc1ccccc1)NC(=O)C(C)(C)N.Cc1ccc(C(=O)C2CCN(C(=O)C(c3ccccc3)n3cnc(C)c3)CC2)cc1. The fourth-order valence-electron chi connectivity index (χ4n) is 5.62. The molecule has 0 aliphatic carbocycles. The Bertz CT molecular complexity index is 1710. The third kappa shape index (κ3) is 10.8. The van der Waals surface area contributed by atoms with Crippen molar-refractivity contribution in [3.05, 3.63) is 125 Å². The summed E-state index contributed by atoms with van der Waals surface area (Å²) in [6.45, 7) is 10.2. The van der Waals surface area contributed by atoms with Crippen molar-refractivity contribution < 1.29 is 23.9 Å². The van der Waals surface area contributed by atoms with Gasteiger partial charge in [0.2, 0.25) is 11.8 Å². The van der Waals surface area contributed by atoms with Crippen LogP contribution in [0.25, 0.3) is 0 Å². The van der Waals surface area contributed by atoms with Crippen LogP contribution in [0, 0.1) is 19.8 Å². The zero-order valence-electron chi connectivity index (χ0n) is 29.7. The zero-order valence-corrected chi connectivity index (χ0v) is 29.7. The first-order chi connectivity index (χ1) is 23.8. The summed E-state index contributed by atoms with van der Waals surface area (Å²) in [5.41, 5.74) is 9.41. The lowest BCUT2D eigenvalue weighted by Crippen LogP contribution is -2.54. The molecule has 2 unspecified atom stereocenters. The molecule has 10 heteroatoms. The predicted molar refractivity (Wildman–Crippen MR) is 193 cm³/mol. The van der Waals surface area contributed by atoms with E-state index in [2.05, 4.69) is 10.3 Å². The minimum absolute atomic E-state index is 0.0255. The summed E-state index contributed by atoms with van der Waals surface area (Å²) in [5, 5.41) is 2.60. The van der Waals surface area contributed by atoms with Gasteiger partial charge in [0.15, 0.2) is 11.6 Å². The third-order valence-electron chi connectivity index (χ3n) is 8.67. The van der Waals surface area contributed by atoms with Gasteiger partial charge in [-0.1, -0.05) is 90.5 Å². The number of nitrogens with two attached hydrogens (primary N) is 1. The Balaban J connectivity index is 0.000000246. The van der Waals surface area contributed by atoms with Crippen molar-refractivity contribution in [2.24, 2.45) is 11.7 Å². The van der Waals surface area contributed by atoms with E-state index in [1.54, 1.807) is 20.2 Å². The number of hydrogen-bond donors (Lipinski definition) is 2. The average molecular weight is 680 g/mol. The first-order valence-corrected chi connectivity index (χ1v) is 17.0. The number of aryl methyl sites for hydroxylation is 2. The molecule has 2 heterocycles. The zero-order chi connectivity index (χ0) is 36.3. The van der Waals surface area contributed by atoms with Gasteiger partial charge in [-0.25, -0.2) is 4.98 Å². The summed E-state index contributed by atoms with van der Waals surface area (Å²) < 4.78 is 7.37. The average Bonchev–Trinajstić information content (AvgIpc) is 3.53. The predicted octanol–water partition coefficient (Wildman–Crippen LogP) is 5.23. The van der Waals surface area contributed by atoms with Crippen molar-refractivity contribution in [2.45, 2.75) is 71.7 Å². The highest BCUT2D eigenvalue weighted by atomic mass is 16.5. The van der Waals surface area contributed by atoms with Crippen LogP contribution in [-0.4, -0.2) is 69.1 Å². The molecule has 1 aromatic heterocycles. The van der Waals surface area contributed by atoms with E-state index >= 15 is 0 Å². The van der Waals surface area contributed by atoms with Crippen molar-refractivity contribution in [1.82, 2.24) is 19.8 Å². The number of likely N-dealkylation sites (tertiary alicyclic amines) is 1. The summed E-state index contributed by atoms with van der Waals surface area (Å²) >= 11 is 0. The van der Waals surface area contributed by atoms with Gasteiger partial charge in [-0.3, -0.25) is 19.2 Å². The third-order valence-corrected chi connectivity index (χ3v) is 8.67. The van der Waals surface area contributed by atoms with E-state index in [4.69, 9.17) is 10.5 Å². The van der Waals surface area contributed by atoms with Gasteiger partial charge in [-0.2, -0.15) is 0 Å². The van der Waals surface area contributed by atoms with Gasteiger partial charge in [-0.15, -0.1) is 0 Å². The molecule has 50 heavy (non-hydrogen) atoms. The quantitative estimate of drug-likeness (QED) is 0.196. The summed E-state index contributed by atoms with van der Waals surface area (Å²) in [4.78, 5) is 55.8. The lowest BCUT2D eigenvalue weighted by Gasteiger charge is -2.34. The second-order valence-electron chi connectivity index (χ2n) is 13.5. The smallest absolute Gasteiger partial charge is 0.250 e. The molecule has 2 amide bonds. The van der Waals surface area contributed by atoms with Crippen LogP contribution in [0.5, 0.6) is 0 Å². The summed E-state index contributed by atoms with van der Waals surface area (Å²) in [6, 6.07) is 26.1. The summed E-state index contributed by atoms with van der Waals surface area (Å²) in [6.07, 6.45) is 5.02. The molecule has 3 N–H and O–H groups in total. The van der Waals surface area contributed by atoms with E-state index in [0.29, 0.717) is 32.5 Å². The molecular weight excluding hydrogens is 630 g/mol. The molecule has 0 bridgehead atoms. The number of ketones is 2. The molecule has 5 rings (SSSR count). The molecule has 0 radical (unpaired) electrons. The highest BCUT2D eigenvalue weighted by Gasteiger charge is 2.33. The molecule has 10 nitrogen and oxygen atoms in total. The van der Waals surface area contributed by atoms with Gasteiger partial charge < -0.3 is 25.3 Å². The maximum atomic E-state index is 13.5. The van der Waals surface area contributed by atoms with E-state index in [0.717, 1.165) is 27.9 Å².